The van der Waals surface area contributed by atoms with Crippen molar-refractivity contribution < 1.29 is 9.18 Å². The van der Waals surface area contributed by atoms with Crippen LogP contribution < -0.4 is 11.1 Å². The summed E-state index contributed by atoms with van der Waals surface area (Å²) in [4.78, 5) is 11.9. The van der Waals surface area contributed by atoms with Crippen molar-refractivity contribution >= 4 is 11.6 Å². The van der Waals surface area contributed by atoms with Gasteiger partial charge in [0.1, 0.15) is 5.82 Å². The minimum absolute atomic E-state index is 0.172. The maximum Gasteiger partial charge on any atom is 0.241 e. The number of nitrogens with two attached hydrogens (primary N) is 1. The van der Waals surface area contributed by atoms with E-state index < -0.39 is 6.04 Å². The summed E-state index contributed by atoms with van der Waals surface area (Å²) in [6, 6.07) is 14.6. The lowest BCUT2D eigenvalue weighted by Crippen LogP contribution is -2.37. The Hall–Kier alpha value is -2.20. The number of hydrogen-bond donors (Lipinski definition) is 2. The predicted octanol–water partition coefficient (Wildman–Crippen LogP) is 2.33. The molecule has 0 aromatic heterocycles. The smallest absolute Gasteiger partial charge is 0.241 e. The minimum Gasteiger partial charge on any atom is -0.325 e. The van der Waals surface area contributed by atoms with Gasteiger partial charge < -0.3 is 11.1 Å². The number of rotatable bonds is 4. The molecule has 2 aromatic rings. The Morgan fingerprint density at radius 1 is 1.11 bits per heavy atom. The molecule has 0 saturated carbocycles. The molecule has 0 fully saturated rings. The van der Waals surface area contributed by atoms with Gasteiger partial charge >= 0.3 is 0 Å². The molecular formula is C15H15FN2O. The van der Waals surface area contributed by atoms with Crippen LogP contribution in [0.3, 0.4) is 0 Å². The van der Waals surface area contributed by atoms with E-state index in [4.69, 9.17) is 5.73 Å². The molecule has 2 rings (SSSR count). The second-order valence-electron chi connectivity index (χ2n) is 4.26. The lowest BCUT2D eigenvalue weighted by atomic mass is 10.1. The number of nitrogens with one attached hydrogen (secondary N) is 1. The summed E-state index contributed by atoms with van der Waals surface area (Å²) >= 11 is 0. The van der Waals surface area contributed by atoms with Crippen LogP contribution in [0, 0.1) is 5.82 Å². The van der Waals surface area contributed by atoms with Crippen molar-refractivity contribution in [1.29, 1.82) is 0 Å². The van der Waals surface area contributed by atoms with Crippen LogP contribution in [-0.4, -0.2) is 11.9 Å². The summed E-state index contributed by atoms with van der Waals surface area (Å²) in [6.07, 6.45) is 0.172. The van der Waals surface area contributed by atoms with Gasteiger partial charge in [0, 0.05) is 5.69 Å². The van der Waals surface area contributed by atoms with E-state index in [0.29, 0.717) is 11.3 Å². The Kier molecular flexibility index (Phi) is 4.26. The highest BCUT2D eigenvalue weighted by molar-refractivity contribution is 5.94. The maximum atomic E-state index is 13.5. The van der Waals surface area contributed by atoms with Crippen molar-refractivity contribution in [2.24, 2.45) is 5.73 Å². The number of halogens is 1. The molecule has 0 aliphatic heterocycles. The third-order valence-corrected chi connectivity index (χ3v) is 2.78. The number of hydrogen-bond acceptors (Lipinski definition) is 2. The summed E-state index contributed by atoms with van der Waals surface area (Å²) in [7, 11) is 0. The Bertz CT molecular complexity index is 557. The second-order valence-corrected chi connectivity index (χ2v) is 4.26. The maximum absolute atomic E-state index is 13.5. The minimum atomic E-state index is -0.780. The van der Waals surface area contributed by atoms with Crippen molar-refractivity contribution in [2.75, 3.05) is 5.32 Å². The van der Waals surface area contributed by atoms with Gasteiger partial charge in [0.05, 0.1) is 6.04 Å². The summed E-state index contributed by atoms with van der Waals surface area (Å²) in [5, 5.41) is 2.70. The molecule has 3 nitrogen and oxygen atoms in total. The first-order valence-electron chi connectivity index (χ1n) is 6.01. The van der Waals surface area contributed by atoms with Gasteiger partial charge in [-0.1, -0.05) is 36.4 Å². The average Bonchev–Trinajstić information content (AvgIpc) is 2.42. The van der Waals surface area contributed by atoms with Crippen LogP contribution in [0.25, 0.3) is 0 Å². The zero-order valence-electron chi connectivity index (χ0n) is 10.3. The predicted molar refractivity (Wildman–Crippen MR) is 73.2 cm³/mol. The van der Waals surface area contributed by atoms with Crippen LogP contribution in [0.15, 0.2) is 54.6 Å². The van der Waals surface area contributed by atoms with Gasteiger partial charge in [0.15, 0.2) is 0 Å². The number of anilines is 1. The average molecular weight is 258 g/mol. The second kappa shape index (κ2) is 6.11. The van der Waals surface area contributed by atoms with Gasteiger partial charge in [-0.3, -0.25) is 4.79 Å². The number of carbonyl (C=O) groups excluding carboxylic acids is 1. The van der Waals surface area contributed by atoms with Crippen LogP contribution in [0.4, 0.5) is 10.1 Å². The highest BCUT2D eigenvalue weighted by Crippen LogP contribution is 2.10. The molecule has 2 aromatic carbocycles. The molecule has 3 N–H and O–H groups in total. The van der Waals surface area contributed by atoms with Crippen molar-refractivity contribution in [1.82, 2.24) is 0 Å². The van der Waals surface area contributed by atoms with Crippen LogP contribution in [-0.2, 0) is 11.2 Å². The number of amides is 1. The molecule has 1 atom stereocenters. The third kappa shape index (κ3) is 3.63. The summed E-state index contributed by atoms with van der Waals surface area (Å²) in [5.74, 6) is -0.667. The van der Waals surface area contributed by atoms with E-state index in [9.17, 15) is 9.18 Å². The van der Waals surface area contributed by atoms with Crippen molar-refractivity contribution in [3.05, 3.63) is 66.0 Å². The monoisotopic (exact) mass is 258 g/mol. The number of para-hydroxylation sites is 1. The van der Waals surface area contributed by atoms with Crippen molar-refractivity contribution in [3.8, 4) is 0 Å². The summed E-state index contributed by atoms with van der Waals surface area (Å²) in [5.41, 5.74) is 6.91. The fourth-order valence-corrected chi connectivity index (χ4v) is 1.75. The van der Waals surface area contributed by atoms with Gasteiger partial charge in [-0.15, -0.1) is 0 Å². The highest BCUT2D eigenvalue weighted by Gasteiger charge is 2.15. The van der Waals surface area contributed by atoms with E-state index in [-0.39, 0.29) is 18.1 Å². The lowest BCUT2D eigenvalue weighted by molar-refractivity contribution is -0.117. The fraction of sp³-hybridized carbons (Fsp3) is 0.133. The Morgan fingerprint density at radius 2 is 1.74 bits per heavy atom. The molecule has 19 heavy (non-hydrogen) atoms. The molecule has 0 heterocycles. The van der Waals surface area contributed by atoms with E-state index in [1.54, 1.807) is 30.3 Å². The zero-order valence-corrected chi connectivity index (χ0v) is 10.3. The lowest BCUT2D eigenvalue weighted by Gasteiger charge is -2.12. The molecule has 0 spiro atoms. The standard InChI is InChI=1S/C15H15FN2O/c16-13-9-5-4-6-11(13)10-14(17)15(19)18-12-7-2-1-3-8-12/h1-9,14H,10,17H2,(H,18,19). The zero-order chi connectivity index (χ0) is 13.7. The van der Waals surface area contributed by atoms with E-state index in [1.807, 2.05) is 18.2 Å². The molecule has 1 amide bonds. The van der Waals surface area contributed by atoms with E-state index in [1.165, 1.54) is 6.07 Å². The van der Waals surface area contributed by atoms with Gasteiger partial charge in [0.25, 0.3) is 0 Å². The number of benzene rings is 2. The molecule has 0 saturated heterocycles. The van der Waals surface area contributed by atoms with E-state index >= 15 is 0 Å². The molecule has 0 bridgehead atoms. The molecule has 98 valence electrons. The van der Waals surface area contributed by atoms with Gasteiger partial charge in [-0.05, 0) is 30.2 Å². The first kappa shape index (κ1) is 13.2. The largest absolute Gasteiger partial charge is 0.325 e. The van der Waals surface area contributed by atoms with Gasteiger partial charge in [-0.2, -0.15) is 0 Å². The third-order valence-electron chi connectivity index (χ3n) is 2.78. The van der Waals surface area contributed by atoms with Crippen LogP contribution in [0.1, 0.15) is 5.56 Å². The Labute approximate surface area is 111 Å². The molecule has 0 aliphatic carbocycles. The molecular weight excluding hydrogens is 243 g/mol. The molecule has 0 radical (unpaired) electrons. The van der Waals surface area contributed by atoms with Crippen molar-refractivity contribution in [3.63, 3.8) is 0 Å². The van der Waals surface area contributed by atoms with Gasteiger partial charge in [0.2, 0.25) is 5.91 Å². The van der Waals surface area contributed by atoms with Crippen LogP contribution in [0.5, 0.6) is 0 Å². The first-order chi connectivity index (χ1) is 9.16. The normalized spacial score (nSPS) is 11.9. The van der Waals surface area contributed by atoms with E-state index in [2.05, 4.69) is 5.32 Å². The fourth-order valence-electron chi connectivity index (χ4n) is 1.75. The SMILES string of the molecule is NC(Cc1ccccc1F)C(=O)Nc1ccccc1. The van der Waals surface area contributed by atoms with Gasteiger partial charge in [-0.25, -0.2) is 4.39 Å². The van der Waals surface area contributed by atoms with Crippen molar-refractivity contribution in [2.45, 2.75) is 12.5 Å². The quantitative estimate of drug-likeness (QED) is 0.884. The molecule has 4 heteroatoms. The van der Waals surface area contributed by atoms with E-state index in [0.717, 1.165) is 0 Å². The number of carbonyl (C=O) groups is 1. The topological polar surface area (TPSA) is 55.1 Å². The molecule has 0 aliphatic rings. The molecule has 1 unspecified atom stereocenters. The summed E-state index contributed by atoms with van der Waals surface area (Å²) in [6.45, 7) is 0. The first-order valence-corrected chi connectivity index (χ1v) is 6.01. The Morgan fingerprint density at radius 3 is 2.42 bits per heavy atom. The highest BCUT2D eigenvalue weighted by atomic mass is 19.1. The van der Waals surface area contributed by atoms with Crippen LogP contribution in [0.2, 0.25) is 0 Å². The summed E-state index contributed by atoms with van der Waals surface area (Å²) < 4.78 is 13.5. The van der Waals surface area contributed by atoms with Crippen LogP contribution >= 0.6 is 0 Å². The Balaban J connectivity index is 1.98.